The van der Waals surface area contributed by atoms with E-state index in [9.17, 15) is 0 Å². The molecule has 0 aromatic carbocycles. The van der Waals surface area contributed by atoms with Crippen LogP contribution in [-0.4, -0.2) is 0 Å². The maximum Gasteiger partial charge on any atom is 0 e. The van der Waals surface area contributed by atoms with Gasteiger partial charge in [0.15, 0.2) is 0 Å². The Labute approximate surface area is 68.8 Å². The largest absolute Gasteiger partial charge is 0 e. The molecular formula is CH3NbTaW. The first-order valence-electron chi connectivity index (χ1n) is 0.447. The second-order valence-corrected chi connectivity index (χ2v) is 0. The minimum absolute atomic E-state index is 0. The summed E-state index contributed by atoms with van der Waals surface area (Å²) >= 11 is 1.44. The predicted molar refractivity (Wildman–Crippen MR) is 5.86 cm³/mol. The fraction of sp³-hybridized carbons (Fsp3) is 1.00. The van der Waals surface area contributed by atoms with Gasteiger partial charge in [-0.1, -0.05) is 0 Å². The first kappa shape index (κ1) is 16.4. The molecule has 0 aliphatic rings. The van der Waals surface area contributed by atoms with Crippen molar-refractivity contribution < 1.29 is 64.5 Å². The topological polar surface area (TPSA) is 0 Å². The van der Waals surface area contributed by atoms with E-state index < -0.39 is 0 Å². The number of rotatable bonds is 0. The molecule has 0 saturated heterocycles. The molecule has 23 valence electrons. The summed E-state index contributed by atoms with van der Waals surface area (Å²) in [6.45, 7) is 0. The molecule has 0 amide bonds. The molecule has 0 atom stereocenters. The van der Waals surface area contributed by atoms with Crippen molar-refractivity contribution in [3.8, 4) is 0 Å². The van der Waals surface area contributed by atoms with E-state index in [1.165, 1.54) is 21.1 Å². The second-order valence-electron chi connectivity index (χ2n) is 0. The molecule has 0 saturated carbocycles. The Morgan fingerprint density at radius 2 is 1.25 bits per heavy atom. The van der Waals surface area contributed by atoms with Gasteiger partial charge in [-0.05, 0) is 0 Å². The molecule has 0 unspecified atom stereocenters. The Hall–Kier alpha value is 2.17. The van der Waals surface area contributed by atoms with Gasteiger partial charge in [0, 0.05) is 43.4 Å². The molecule has 3 heteroatoms. The fourth-order valence-electron chi connectivity index (χ4n) is 0. The van der Waals surface area contributed by atoms with Crippen molar-refractivity contribution >= 4 is 0 Å². The molecule has 0 rings (SSSR count). The summed E-state index contributed by atoms with van der Waals surface area (Å²) in [6, 6.07) is 0. The third-order valence-electron chi connectivity index (χ3n) is 0. The van der Waals surface area contributed by atoms with Crippen LogP contribution in [0.3, 0.4) is 0 Å². The van der Waals surface area contributed by atoms with Crippen LogP contribution >= 0.6 is 0 Å². The normalized spacial score (nSPS) is 1.25. The first-order valence-corrected chi connectivity index (χ1v) is 3.66. The minimum atomic E-state index is 0. The van der Waals surface area contributed by atoms with Crippen LogP contribution in [0, 0.1) is 0 Å². The Kier molecular flexibility index (Phi) is 78.4. The van der Waals surface area contributed by atoms with Crippen molar-refractivity contribution in [1.82, 2.24) is 0 Å². The second kappa shape index (κ2) is 19.1. The summed E-state index contributed by atoms with van der Waals surface area (Å²) in [5.41, 5.74) is 0. The van der Waals surface area contributed by atoms with Crippen molar-refractivity contribution in [3.63, 3.8) is 0 Å². The van der Waals surface area contributed by atoms with E-state index in [1.54, 1.807) is 0 Å². The average Bonchev–Trinajstić information content (AvgIpc) is 1.00. The Morgan fingerprint density at radius 3 is 1.25 bits per heavy atom. The molecule has 0 spiro atoms. The van der Waals surface area contributed by atoms with Crippen LogP contribution in [0.15, 0.2) is 0 Å². The van der Waals surface area contributed by atoms with E-state index in [1.807, 2.05) is 0 Å². The van der Waals surface area contributed by atoms with E-state index in [0.29, 0.717) is 0 Å². The number of hydrogen-bond acceptors (Lipinski definition) is 0. The van der Waals surface area contributed by atoms with Crippen molar-refractivity contribution in [2.45, 2.75) is 5.14 Å². The van der Waals surface area contributed by atoms with Crippen LogP contribution < -0.4 is 0 Å². The monoisotopic (exact) mass is 473 g/mol. The quantitative estimate of drug-likeness (QED) is 0.453. The van der Waals surface area contributed by atoms with Crippen LogP contribution in [0.5, 0.6) is 0 Å². The molecule has 0 aliphatic heterocycles. The van der Waals surface area contributed by atoms with Gasteiger partial charge < -0.3 is 0 Å². The maximum absolute atomic E-state index is 2.11. The van der Waals surface area contributed by atoms with Crippen LogP contribution in [-0.2, 0) is 64.5 Å². The zero-order valence-corrected chi connectivity index (χ0v) is 10.6. The van der Waals surface area contributed by atoms with Crippen molar-refractivity contribution in [1.29, 1.82) is 0 Å². The molecule has 0 nitrogen and oxygen atoms in total. The molecule has 0 aromatic heterocycles. The molecular weight excluding hydrogens is 470 g/mol. The van der Waals surface area contributed by atoms with E-state index in [-0.39, 0.29) is 43.4 Å². The smallest absolute Gasteiger partial charge is 0 e. The molecule has 4 heavy (non-hydrogen) atoms. The standard InChI is InChI=1S/CH3.Nb.Ta.W/h1H3;;;. The van der Waals surface area contributed by atoms with E-state index in [2.05, 4.69) is 5.14 Å². The summed E-state index contributed by atoms with van der Waals surface area (Å²) < 4.78 is 0. The Morgan fingerprint density at radius 1 is 1.25 bits per heavy atom. The van der Waals surface area contributed by atoms with Gasteiger partial charge in [0.2, 0.25) is 0 Å². The third kappa shape index (κ3) is 8.90. The summed E-state index contributed by atoms with van der Waals surface area (Å²) in [6.07, 6.45) is 0. The van der Waals surface area contributed by atoms with Crippen LogP contribution in [0.1, 0.15) is 0 Å². The number of hydrogen-bond donors (Lipinski definition) is 0. The summed E-state index contributed by atoms with van der Waals surface area (Å²) in [4.78, 5) is 0. The van der Waals surface area contributed by atoms with E-state index >= 15 is 0 Å². The van der Waals surface area contributed by atoms with Gasteiger partial charge in [-0.3, -0.25) is 0 Å². The van der Waals surface area contributed by atoms with Gasteiger partial charge in [0.05, 0.1) is 0 Å². The molecule has 1 radical (unpaired) electrons. The van der Waals surface area contributed by atoms with Gasteiger partial charge in [-0.15, -0.1) is 0 Å². The minimum Gasteiger partial charge on any atom is 0 e. The van der Waals surface area contributed by atoms with Gasteiger partial charge in [0.25, 0.3) is 0 Å². The Balaban J connectivity index is -0.00000000500. The SMILES string of the molecule is [CH3][Ta].[Nb].[W]. The average molecular weight is 473 g/mol. The molecule has 0 aromatic rings. The van der Waals surface area contributed by atoms with Crippen molar-refractivity contribution in [2.75, 3.05) is 0 Å². The van der Waals surface area contributed by atoms with Gasteiger partial charge in [-0.25, -0.2) is 0 Å². The molecule has 0 fully saturated rings. The van der Waals surface area contributed by atoms with Crippen LogP contribution in [0.4, 0.5) is 0 Å². The maximum atomic E-state index is 2.11. The van der Waals surface area contributed by atoms with Gasteiger partial charge in [0.1, 0.15) is 0 Å². The first-order chi connectivity index (χ1) is 1.00. The summed E-state index contributed by atoms with van der Waals surface area (Å²) in [5.74, 6) is 0. The zero-order chi connectivity index (χ0) is 2.00. The fourth-order valence-corrected chi connectivity index (χ4v) is 0. The van der Waals surface area contributed by atoms with Crippen LogP contribution in [0.2, 0.25) is 5.14 Å². The molecule has 0 heterocycles. The van der Waals surface area contributed by atoms with Gasteiger partial charge in [-0.2, -0.15) is 0 Å². The molecule has 0 bridgehead atoms. The van der Waals surface area contributed by atoms with Gasteiger partial charge >= 0.3 is 26.2 Å². The summed E-state index contributed by atoms with van der Waals surface area (Å²) in [7, 11) is 0. The van der Waals surface area contributed by atoms with Crippen molar-refractivity contribution in [2.24, 2.45) is 0 Å². The Bertz CT molecular complexity index is 8.00. The zero-order valence-electron chi connectivity index (χ0n) is 2.30. The summed E-state index contributed by atoms with van der Waals surface area (Å²) in [5, 5.41) is 2.11. The molecule has 0 aliphatic carbocycles. The van der Waals surface area contributed by atoms with E-state index in [4.69, 9.17) is 0 Å². The van der Waals surface area contributed by atoms with Crippen molar-refractivity contribution in [3.05, 3.63) is 0 Å². The van der Waals surface area contributed by atoms with Crippen LogP contribution in [0.25, 0.3) is 0 Å². The third-order valence-corrected chi connectivity index (χ3v) is 0. The van der Waals surface area contributed by atoms with E-state index in [0.717, 1.165) is 0 Å². The molecule has 0 N–H and O–H groups in total. The predicted octanol–water partition coefficient (Wildman–Crippen LogP) is 0.576.